The van der Waals surface area contributed by atoms with E-state index in [9.17, 15) is 22.4 Å². The summed E-state index contributed by atoms with van der Waals surface area (Å²) >= 11 is 0. The van der Waals surface area contributed by atoms with Crippen LogP contribution in [0.3, 0.4) is 0 Å². The van der Waals surface area contributed by atoms with E-state index in [-0.39, 0.29) is 22.8 Å². The second-order valence-electron chi connectivity index (χ2n) is 6.94. The third-order valence-electron chi connectivity index (χ3n) is 4.67. The van der Waals surface area contributed by atoms with Gasteiger partial charge >= 0.3 is 6.36 Å². The first-order valence-electron chi connectivity index (χ1n) is 9.61. The molecule has 4 aromatic rings. The highest BCUT2D eigenvalue weighted by atomic mass is 19.4. The number of alkyl halides is 3. The number of benzene rings is 1. The van der Waals surface area contributed by atoms with Gasteiger partial charge < -0.3 is 20.5 Å². The SMILES string of the molecule is COc1cnc(-c2ccn3nc(N)nc3c2)cc1C(=O)NCc1cc(OC(F)(F)F)ccc1F. The van der Waals surface area contributed by atoms with Gasteiger partial charge in [0.15, 0.2) is 5.65 Å². The van der Waals surface area contributed by atoms with Crippen LogP contribution in [0, 0.1) is 5.82 Å². The zero-order chi connectivity index (χ0) is 24.5. The van der Waals surface area contributed by atoms with E-state index in [1.807, 2.05) is 0 Å². The van der Waals surface area contributed by atoms with E-state index < -0.39 is 30.4 Å². The lowest BCUT2D eigenvalue weighted by atomic mass is 10.1. The molecule has 1 amide bonds. The molecule has 0 bridgehead atoms. The number of methoxy groups -OCH3 is 1. The number of carbonyl (C=O) groups excluding carboxylic acids is 1. The van der Waals surface area contributed by atoms with E-state index in [2.05, 4.69) is 25.1 Å². The number of aromatic nitrogens is 4. The van der Waals surface area contributed by atoms with Crippen molar-refractivity contribution in [1.29, 1.82) is 0 Å². The van der Waals surface area contributed by atoms with E-state index in [1.54, 1.807) is 18.3 Å². The number of rotatable bonds is 6. The highest BCUT2D eigenvalue weighted by Gasteiger charge is 2.31. The number of carbonyl (C=O) groups is 1. The van der Waals surface area contributed by atoms with Crippen LogP contribution in [0.2, 0.25) is 0 Å². The Balaban J connectivity index is 1.57. The fourth-order valence-corrected chi connectivity index (χ4v) is 3.15. The van der Waals surface area contributed by atoms with Gasteiger partial charge in [-0.25, -0.2) is 8.91 Å². The van der Waals surface area contributed by atoms with Gasteiger partial charge in [-0.05, 0) is 36.4 Å². The average Bonchev–Trinajstić information content (AvgIpc) is 3.17. The molecular formula is C21H16F4N6O3. The summed E-state index contributed by atoms with van der Waals surface area (Å²) in [6.45, 7) is -0.397. The first-order valence-corrected chi connectivity index (χ1v) is 9.61. The molecule has 4 rings (SSSR count). The van der Waals surface area contributed by atoms with Gasteiger partial charge in [-0.3, -0.25) is 9.78 Å². The number of hydrogen-bond donors (Lipinski definition) is 2. The van der Waals surface area contributed by atoms with Crippen LogP contribution in [0.1, 0.15) is 15.9 Å². The molecule has 0 unspecified atom stereocenters. The van der Waals surface area contributed by atoms with Crippen molar-refractivity contribution in [1.82, 2.24) is 24.9 Å². The molecule has 3 aromatic heterocycles. The number of anilines is 1. The fourth-order valence-electron chi connectivity index (χ4n) is 3.15. The molecule has 0 atom stereocenters. The molecule has 176 valence electrons. The van der Waals surface area contributed by atoms with Crippen molar-refractivity contribution in [2.45, 2.75) is 12.9 Å². The second-order valence-corrected chi connectivity index (χ2v) is 6.94. The molecule has 34 heavy (non-hydrogen) atoms. The lowest BCUT2D eigenvalue weighted by molar-refractivity contribution is -0.274. The molecule has 0 radical (unpaired) electrons. The maximum Gasteiger partial charge on any atom is 0.573 e. The number of nitrogen functional groups attached to an aromatic ring is 1. The van der Waals surface area contributed by atoms with Gasteiger partial charge in [-0.1, -0.05) is 0 Å². The van der Waals surface area contributed by atoms with Crippen molar-refractivity contribution < 1.29 is 31.8 Å². The molecular weight excluding hydrogens is 460 g/mol. The van der Waals surface area contributed by atoms with Crippen molar-refractivity contribution in [3.63, 3.8) is 0 Å². The van der Waals surface area contributed by atoms with E-state index >= 15 is 0 Å². The zero-order valence-electron chi connectivity index (χ0n) is 17.4. The van der Waals surface area contributed by atoms with Gasteiger partial charge in [0.05, 0.1) is 24.6 Å². The number of nitrogens with one attached hydrogen (secondary N) is 1. The summed E-state index contributed by atoms with van der Waals surface area (Å²) in [7, 11) is 1.34. The number of pyridine rings is 2. The monoisotopic (exact) mass is 476 g/mol. The summed E-state index contributed by atoms with van der Waals surface area (Å²) in [6.07, 6.45) is -1.97. The van der Waals surface area contributed by atoms with Gasteiger partial charge in [0, 0.05) is 23.9 Å². The van der Waals surface area contributed by atoms with Crippen LogP contribution in [0.15, 0.2) is 48.8 Å². The number of amides is 1. The number of nitrogens with two attached hydrogens (primary N) is 1. The highest BCUT2D eigenvalue weighted by molar-refractivity contribution is 5.97. The lowest BCUT2D eigenvalue weighted by Gasteiger charge is -2.13. The molecule has 9 nitrogen and oxygen atoms in total. The van der Waals surface area contributed by atoms with E-state index in [0.717, 1.165) is 18.2 Å². The molecule has 1 aromatic carbocycles. The van der Waals surface area contributed by atoms with E-state index in [0.29, 0.717) is 16.9 Å². The van der Waals surface area contributed by atoms with E-state index in [1.165, 1.54) is 23.9 Å². The Morgan fingerprint density at radius 2 is 2.00 bits per heavy atom. The molecule has 13 heteroatoms. The summed E-state index contributed by atoms with van der Waals surface area (Å²) < 4.78 is 61.8. The van der Waals surface area contributed by atoms with Crippen LogP contribution in [-0.2, 0) is 6.54 Å². The van der Waals surface area contributed by atoms with Crippen LogP contribution in [-0.4, -0.2) is 39.0 Å². The minimum absolute atomic E-state index is 0.0801. The molecule has 0 saturated heterocycles. The zero-order valence-corrected chi connectivity index (χ0v) is 17.4. The van der Waals surface area contributed by atoms with Crippen LogP contribution < -0.4 is 20.5 Å². The van der Waals surface area contributed by atoms with Crippen molar-refractivity contribution in [2.75, 3.05) is 12.8 Å². The van der Waals surface area contributed by atoms with Gasteiger partial charge in [0.25, 0.3) is 5.91 Å². The third-order valence-corrected chi connectivity index (χ3v) is 4.67. The summed E-state index contributed by atoms with van der Waals surface area (Å²) in [6, 6.07) is 7.34. The topological polar surface area (TPSA) is 117 Å². The first-order chi connectivity index (χ1) is 16.1. The fraction of sp³-hybridized carbons (Fsp3) is 0.143. The van der Waals surface area contributed by atoms with Gasteiger partial charge in [0.2, 0.25) is 5.95 Å². The second kappa shape index (κ2) is 8.84. The Morgan fingerprint density at radius 3 is 2.74 bits per heavy atom. The average molecular weight is 476 g/mol. The quantitative estimate of drug-likeness (QED) is 0.410. The molecule has 0 aliphatic heterocycles. The van der Waals surface area contributed by atoms with E-state index in [4.69, 9.17) is 10.5 Å². The summed E-state index contributed by atoms with van der Waals surface area (Å²) in [5.41, 5.74) is 6.96. The van der Waals surface area contributed by atoms with Crippen molar-refractivity contribution >= 4 is 17.5 Å². The standard InChI is InChI=1S/C21H16F4N6O3/c1-33-17-10-27-16(11-4-5-31-18(7-11)29-20(26)30-31)8-14(17)19(32)28-9-12-6-13(2-3-15(12)22)34-21(23,24)25/h2-8,10H,9H2,1H3,(H2,26,30)(H,28,32). The maximum atomic E-state index is 14.1. The predicted molar refractivity (Wildman–Crippen MR) is 111 cm³/mol. The van der Waals surface area contributed by atoms with Crippen LogP contribution >= 0.6 is 0 Å². The van der Waals surface area contributed by atoms with Crippen molar-refractivity contribution in [2.24, 2.45) is 0 Å². The minimum Gasteiger partial charge on any atom is -0.494 e. The molecule has 0 fully saturated rings. The Hall–Kier alpha value is -4.42. The number of nitrogens with zero attached hydrogens (tertiary/aromatic N) is 4. The number of ether oxygens (including phenoxy) is 2. The number of halogens is 4. The molecule has 0 aliphatic rings. The maximum absolute atomic E-state index is 14.1. The van der Waals surface area contributed by atoms with Gasteiger partial charge in [-0.2, -0.15) is 4.98 Å². The minimum atomic E-state index is -4.93. The predicted octanol–water partition coefficient (Wildman–Crippen LogP) is 3.35. The Morgan fingerprint density at radius 1 is 1.21 bits per heavy atom. The van der Waals surface area contributed by atoms with Crippen molar-refractivity contribution in [3.05, 3.63) is 65.7 Å². The molecule has 0 aliphatic carbocycles. The Kier molecular flexibility index (Phi) is 5.92. The summed E-state index contributed by atoms with van der Waals surface area (Å²) in [4.78, 5) is 21.2. The van der Waals surface area contributed by atoms with Crippen LogP contribution in [0.5, 0.6) is 11.5 Å². The van der Waals surface area contributed by atoms with Gasteiger partial charge in [-0.15, -0.1) is 18.3 Å². The Labute approximate surface area is 189 Å². The third kappa shape index (κ3) is 4.98. The first kappa shape index (κ1) is 22.8. The smallest absolute Gasteiger partial charge is 0.494 e. The van der Waals surface area contributed by atoms with Crippen LogP contribution in [0.25, 0.3) is 16.9 Å². The van der Waals surface area contributed by atoms with Crippen molar-refractivity contribution in [3.8, 4) is 22.8 Å². The summed E-state index contributed by atoms with van der Waals surface area (Å²) in [5, 5.41) is 6.45. The largest absolute Gasteiger partial charge is 0.573 e. The number of hydrogen-bond acceptors (Lipinski definition) is 7. The molecule has 3 heterocycles. The lowest BCUT2D eigenvalue weighted by Crippen LogP contribution is -2.24. The molecule has 0 saturated carbocycles. The highest BCUT2D eigenvalue weighted by Crippen LogP contribution is 2.27. The molecule has 0 spiro atoms. The molecule has 3 N–H and O–H groups in total. The summed E-state index contributed by atoms with van der Waals surface area (Å²) in [5.74, 6) is -1.83. The van der Waals surface area contributed by atoms with Crippen LogP contribution in [0.4, 0.5) is 23.5 Å². The van der Waals surface area contributed by atoms with Gasteiger partial charge in [0.1, 0.15) is 17.3 Å². The number of fused-ring (bicyclic) bond motifs is 1. The normalized spacial score (nSPS) is 11.4. The Bertz CT molecular complexity index is 1370.